The van der Waals surface area contributed by atoms with E-state index in [0.29, 0.717) is 0 Å². The summed E-state index contributed by atoms with van der Waals surface area (Å²) >= 11 is 0. The Balaban J connectivity index is 2.39. The predicted octanol–water partition coefficient (Wildman–Crippen LogP) is 0.260. The number of aliphatic hydroxyl groups excluding tert-OH is 2. The van der Waals surface area contributed by atoms with Crippen LogP contribution in [0.3, 0.4) is 0 Å². The van der Waals surface area contributed by atoms with Crippen LogP contribution in [0.1, 0.15) is 33.1 Å². The highest BCUT2D eigenvalue weighted by Gasteiger charge is 2.29. The van der Waals surface area contributed by atoms with Crippen LogP contribution >= 0.6 is 0 Å². The van der Waals surface area contributed by atoms with Gasteiger partial charge in [-0.25, -0.2) is 0 Å². The maximum atomic E-state index is 9.50. The molecule has 0 aromatic rings. The Kier molecular flexibility index (Phi) is 3.09. The third kappa shape index (κ3) is 2.44. The molecule has 0 bridgehead atoms. The van der Waals surface area contributed by atoms with Crippen molar-refractivity contribution in [3.63, 3.8) is 0 Å². The fraction of sp³-hybridized carbons (Fsp3) is 1.00. The van der Waals surface area contributed by atoms with E-state index in [4.69, 9.17) is 5.11 Å². The van der Waals surface area contributed by atoms with Crippen LogP contribution in [0.15, 0.2) is 0 Å². The third-order valence-corrected chi connectivity index (χ3v) is 2.45. The summed E-state index contributed by atoms with van der Waals surface area (Å²) in [5, 5.41) is 21.8. The van der Waals surface area contributed by atoms with Gasteiger partial charge in [0.2, 0.25) is 0 Å². The highest BCUT2D eigenvalue weighted by molar-refractivity contribution is 4.89. The van der Waals surface area contributed by atoms with Gasteiger partial charge in [0.25, 0.3) is 0 Å². The summed E-state index contributed by atoms with van der Waals surface area (Å²) in [6, 6.07) is 0.173. The molecule has 0 aromatic heterocycles. The molecule has 0 unspecified atom stereocenters. The molecule has 0 spiro atoms. The predicted molar refractivity (Wildman–Crippen MR) is 47.9 cm³/mol. The maximum absolute atomic E-state index is 9.50. The summed E-state index contributed by atoms with van der Waals surface area (Å²) in [6.45, 7) is 3.99. The summed E-state index contributed by atoms with van der Waals surface area (Å²) in [5.74, 6) is 0. The molecule has 0 amide bonds. The van der Waals surface area contributed by atoms with Crippen molar-refractivity contribution < 1.29 is 10.2 Å². The smallest absolute Gasteiger partial charge is 0.0693 e. The lowest BCUT2D eigenvalue weighted by Crippen LogP contribution is -2.51. The van der Waals surface area contributed by atoms with Crippen LogP contribution in [-0.4, -0.2) is 34.5 Å². The van der Waals surface area contributed by atoms with Crippen LogP contribution in [0.5, 0.6) is 0 Å². The van der Waals surface area contributed by atoms with Crippen molar-refractivity contribution >= 4 is 0 Å². The maximum Gasteiger partial charge on any atom is 0.0693 e. The average Bonchev–Trinajstić information content (AvgIpc) is 2.36. The van der Waals surface area contributed by atoms with Gasteiger partial charge in [-0.1, -0.05) is 0 Å². The van der Waals surface area contributed by atoms with Gasteiger partial charge in [0.1, 0.15) is 0 Å². The van der Waals surface area contributed by atoms with E-state index in [1.54, 1.807) is 0 Å². The normalized spacial score (nSPS) is 31.0. The number of nitrogens with one attached hydrogen (secondary N) is 1. The first-order chi connectivity index (χ1) is 5.55. The first-order valence-electron chi connectivity index (χ1n) is 4.62. The Morgan fingerprint density at radius 2 is 2.08 bits per heavy atom. The second kappa shape index (κ2) is 3.73. The molecule has 3 nitrogen and oxygen atoms in total. The van der Waals surface area contributed by atoms with Crippen molar-refractivity contribution in [1.82, 2.24) is 5.32 Å². The molecular weight excluding hydrogens is 154 g/mol. The lowest BCUT2D eigenvalue weighted by molar-refractivity contribution is 0.110. The lowest BCUT2D eigenvalue weighted by atomic mass is 10.0. The molecule has 1 aliphatic rings. The average molecular weight is 173 g/mol. The molecular formula is C9H19NO2. The number of hydrogen-bond donors (Lipinski definition) is 3. The molecule has 1 rings (SSSR count). The Bertz CT molecular complexity index is 147. The molecule has 0 heterocycles. The van der Waals surface area contributed by atoms with Crippen molar-refractivity contribution in [3.8, 4) is 0 Å². The molecule has 0 aliphatic heterocycles. The molecule has 0 saturated heterocycles. The van der Waals surface area contributed by atoms with Gasteiger partial charge >= 0.3 is 0 Å². The van der Waals surface area contributed by atoms with Gasteiger partial charge in [-0.3, -0.25) is 0 Å². The highest BCUT2D eigenvalue weighted by atomic mass is 16.3. The second-order valence-corrected chi connectivity index (χ2v) is 4.29. The molecule has 12 heavy (non-hydrogen) atoms. The van der Waals surface area contributed by atoms with Crippen LogP contribution in [0.25, 0.3) is 0 Å². The topological polar surface area (TPSA) is 52.5 Å². The van der Waals surface area contributed by atoms with E-state index in [1.807, 2.05) is 13.8 Å². The van der Waals surface area contributed by atoms with Crippen LogP contribution in [0.2, 0.25) is 0 Å². The summed E-state index contributed by atoms with van der Waals surface area (Å²) in [7, 11) is 0. The van der Waals surface area contributed by atoms with Gasteiger partial charge in [-0.2, -0.15) is 0 Å². The van der Waals surface area contributed by atoms with E-state index in [2.05, 4.69) is 5.32 Å². The molecule has 1 fully saturated rings. The van der Waals surface area contributed by atoms with Crippen LogP contribution in [-0.2, 0) is 0 Å². The standard InChI is InChI=1S/C9H19NO2/c1-9(2,6-11)10-7-4-3-5-8(7)12/h7-8,10-12H,3-6H2,1-2H3/t7-,8-/m1/s1. The van der Waals surface area contributed by atoms with Crippen molar-refractivity contribution in [2.45, 2.75) is 50.8 Å². The third-order valence-electron chi connectivity index (χ3n) is 2.45. The zero-order valence-corrected chi connectivity index (χ0v) is 7.88. The molecule has 0 radical (unpaired) electrons. The summed E-state index contributed by atoms with van der Waals surface area (Å²) in [5.41, 5.74) is -0.268. The molecule has 72 valence electrons. The van der Waals surface area contributed by atoms with E-state index in [1.165, 1.54) is 0 Å². The molecule has 2 atom stereocenters. The SMILES string of the molecule is CC(C)(CO)N[C@@H]1CCC[C@H]1O. The zero-order chi connectivity index (χ0) is 9.19. The fourth-order valence-corrected chi connectivity index (χ4v) is 1.66. The Hall–Kier alpha value is -0.120. The quantitative estimate of drug-likeness (QED) is 0.574. The minimum absolute atomic E-state index is 0.107. The Morgan fingerprint density at radius 3 is 2.50 bits per heavy atom. The Morgan fingerprint density at radius 1 is 1.42 bits per heavy atom. The van der Waals surface area contributed by atoms with Gasteiger partial charge in [-0.15, -0.1) is 0 Å². The van der Waals surface area contributed by atoms with Crippen molar-refractivity contribution in [1.29, 1.82) is 0 Å². The van der Waals surface area contributed by atoms with Crippen LogP contribution in [0.4, 0.5) is 0 Å². The number of rotatable bonds is 3. The lowest BCUT2D eigenvalue weighted by Gasteiger charge is -2.29. The molecule has 0 aromatic carbocycles. The van der Waals surface area contributed by atoms with E-state index in [9.17, 15) is 5.11 Å². The van der Waals surface area contributed by atoms with Crippen molar-refractivity contribution in [2.75, 3.05) is 6.61 Å². The summed E-state index contributed by atoms with van der Waals surface area (Å²) in [4.78, 5) is 0. The van der Waals surface area contributed by atoms with Crippen LogP contribution in [0, 0.1) is 0 Å². The zero-order valence-electron chi connectivity index (χ0n) is 7.88. The van der Waals surface area contributed by atoms with E-state index < -0.39 is 0 Å². The second-order valence-electron chi connectivity index (χ2n) is 4.29. The first kappa shape index (κ1) is 9.96. The van der Waals surface area contributed by atoms with Crippen LogP contribution < -0.4 is 5.32 Å². The number of aliphatic hydroxyl groups is 2. The van der Waals surface area contributed by atoms with Gasteiger partial charge in [0.05, 0.1) is 12.7 Å². The largest absolute Gasteiger partial charge is 0.394 e. The number of hydrogen-bond acceptors (Lipinski definition) is 3. The molecule has 1 aliphatic carbocycles. The first-order valence-corrected chi connectivity index (χ1v) is 4.62. The minimum Gasteiger partial charge on any atom is -0.394 e. The van der Waals surface area contributed by atoms with Gasteiger partial charge in [0, 0.05) is 11.6 Å². The van der Waals surface area contributed by atoms with Crippen molar-refractivity contribution in [3.05, 3.63) is 0 Å². The molecule has 3 heteroatoms. The molecule has 1 saturated carbocycles. The van der Waals surface area contributed by atoms with E-state index >= 15 is 0 Å². The highest BCUT2D eigenvalue weighted by Crippen LogP contribution is 2.20. The van der Waals surface area contributed by atoms with Gasteiger partial charge < -0.3 is 15.5 Å². The monoisotopic (exact) mass is 173 g/mol. The van der Waals surface area contributed by atoms with E-state index in [0.717, 1.165) is 19.3 Å². The summed E-state index contributed by atoms with van der Waals surface area (Å²) < 4.78 is 0. The Labute approximate surface area is 73.8 Å². The van der Waals surface area contributed by atoms with Gasteiger partial charge in [0.15, 0.2) is 0 Å². The van der Waals surface area contributed by atoms with Gasteiger partial charge in [-0.05, 0) is 33.1 Å². The van der Waals surface area contributed by atoms with Crippen molar-refractivity contribution in [2.24, 2.45) is 0 Å². The van der Waals surface area contributed by atoms with E-state index in [-0.39, 0.29) is 24.3 Å². The summed E-state index contributed by atoms with van der Waals surface area (Å²) in [6.07, 6.45) is 2.76. The minimum atomic E-state index is -0.268. The molecule has 3 N–H and O–H groups in total. The fourth-order valence-electron chi connectivity index (χ4n) is 1.66.